The number of hydrogen-bond acceptors (Lipinski definition) is 4. The van der Waals surface area contributed by atoms with Gasteiger partial charge in [-0.05, 0) is 56.4 Å². The second kappa shape index (κ2) is 8.42. The number of piperidine rings is 1. The number of nitro benzene ring substituents is 1. The van der Waals surface area contributed by atoms with E-state index in [2.05, 4.69) is 29.3 Å². The molecule has 1 aliphatic heterocycles. The summed E-state index contributed by atoms with van der Waals surface area (Å²) in [6.45, 7) is 7.97. The van der Waals surface area contributed by atoms with Crippen molar-refractivity contribution in [3.05, 3.63) is 69.3 Å². The summed E-state index contributed by atoms with van der Waals surface area (Å²) >= 11 is 0. The van der Waals surface area contributed by atoms with Gasteiger partial charge in [-0.15, -0.1) is 0 Å². The molecular formula is C22H27N3O3. The lowest BCUT2D eigenvalue weighted by Crippen LogP contribution is -2.34. The smallest absolute Gasteiger partial charge is 0.273 e. The quantitative estimate of drug-likeness (QED) is 0.605. The summed E-state index contributed by atoms with van der Waals surface area (Å²) in [6.07, 6.45) is 2.51. The Kier molecular flexibility index (Phi) is 5.97. The van der Waals surface area contributed by atoms with E-state index in [4.69, 9.17) is 0 Å². The van der Waals surface area contributed by atoms with Crippen LogP contribution in [0.3, 0.4) is 0 Å². The molecule has 0 aliphatic carbocycles. The predicted molar refractivity (Wildman–Crippen MR) is 111 cm³/mol. The first-order valence-corrected chi connectivity index (χ1v) is 9.76. The number of carbonyl (C=O) groups excluding carboxylic acids is 1. The Bertz CT molecular complexity index is 864. The lowest BCUT2D eigenvalue weighted by Gasteiger charge is -2.33. The van der Waals surface area contributed by atoms with Crippen LogP contribution in [0.4, 0.5) is 11.4 Å². The van der Waals surface area contributed by atoms with E-state index in [0.717, 1.165) is 18.7 Å². The minimum Gasteiger partial charge on any atom is -0.371 e. The minimum absolute atomic E-state index is 0.0413. The van der Waals surface area contributed by atoms with Gasteiger partial charge >= 0.3 is 0 Å². The van der Waals surface area contributed by atoms with Crippen molar-refractivity contribution >= 4 is 17.3 Å². The fourth-order valence-electron chi connectivity index (χ4n) is 3.82. The Balaban J connectivity index is 1.69. The van der Waals surface area contributed by atoms with E-state index in [1.54, 1.807) is 19.1 Å². The second-order valence-corrected chi connectivity index (χ2v) is 7.69. The first kappa shape index (κ1) is 19.9. The normalized spacial score (nSPS) is 17.8. The van der Waals surface area contributed by atoms with Crippen molar-refractivity contribution < 1.29 is 9.72 Å². The number of nitrogens with zero attached hydrogens (tertiary/aromatic N) is 2. The van der Waals surface area contributed by atoms with Crippen molar-refractivity contribution in [1.29, 1.82) is 0 Å². The standard InChI is InChI=1S/C22H27N3O3/c1-15-6-5-13-24(14-15)19-11-9-18(10-12-19)17(3)23-22(26)20-7-4-8-21(16(20)2)25(27)28/h4,7-12,15,17H,5-6,13-14H2,1-3H3,(H,23,26)/t15-,17-/m0/s1. The highest BCUT2D eigenvalue weighted by Crippen LogP contribution is 2.25. The molecule has 0 aromatic heterocycles. The van der Waals surface area contributed by atoms with Crippen LogP contribution in [0, 0.1) is 23.0 Å². The molecule has 2 aromatic rings. The summed E-state index contributed by atoms with van der Waals surface area (Å²) < 4.78 is 0. The zero-order valence-corrected chi connectivity index (χ0v) is 16.6. The number of benzene rings is 2. The second-order valence-electron chi connectivity index (χ2n) is 7.69. The molecule has 1 heterocycles. The van der Waals surface area contributed by atoms with Crippen LogP contribution in [0.15, 0.2) is 42.5 Å². The molecule has 28 heavy (non-hydrogen) atoms. The Morgan fingerprint density at radius 2 is 1.96 bits per heavy atom. The van der Waals surface area contributed by atoms with E-state index < -0.39 is 4.92 Å². The molecule has 1 saturated heterocycles. The van der Waals surface area contributed by atoms with E-state index in [1.807, 2.05) is 19.1 Å². The van der Waals surface area contributed by atoms with E-state index in [9.17, 15) is 14.9 Å². The maximum atomic E-state index is 12.6. The van der Waals surface area contributed by atoms with Gasteiger partial charge in [-0.3, -0.25) is 14.9 Å². The van der Waals surface area contributed by atoms with E-state index in [1.165, 1.54) is 24.6 Å². The highest BCUT2D eigenvalue weighted by atomic mass is 16.6. The van der Waals surface area contributed by atoms with Crippen molar-refractivity contribution in [2.45, 2.75) is 39.7 Å². The van der Waals surface area contributed by atoms with Gasteiger partial charge in [-0.1, -0.05) is 25.1 Å². The topological polar surface area (TPSA) is 75.5 Å². The van der Waals surface area contributed by atoms with Gasteiger partial charge in [0.25, 0.3) is 11.6 Å². The van der Waals surface area contributed by atoms with Crippen LogP contribution in [0.2, 0.25) is 0 Å². The number of amides is 1. The molecule has 0 spiro atoms. The van der Waals surface area contributed by atoms with Crippen molar-refractivity contribution in [1.82, 2.24) is 5.32 Å². The molecule has 6 nitrogen and oxygen atoms in total. The van der Waals surface area contributed by atoms with Crippen molar-refractivity contribution in [3.63, 3.8) is 0 Å². The molecule has 3 rings (SSSR count). The Morgan fingerprint density at radius 1 is 1.25 bits per heavy atom. The molecule has 148 valence electrons. The van der Waals surface area contributed by atoms with Gasteiger partial charge < -0.3 is 10.2 Å². The number of nitro groups is 1. The third kappa shape index (κ3) is 4.32. The molecule has 2 aromatic carbocycles. The van der Waals surface area contributed by atoms with Gasteiger partial charge in [0, 0.05) is 36.0 Å². The summed E-state index contributed by atoms with van der Waals surface area (Å²) in [5, 5.41) is 14.0. The number of carbonyl (C=O) groups is 1. The van der Waals surface area contributed by atoms with Crippen LogP contribution in [-0.2, 0) is 0 Å². The molecule has 1 amide bonds. The highest BCUT2D eigenvalue weighted by Gasteiger charge is 2.20. The zero-order valence-electron chi connectivity index (χ0n) is 16.6. The summed E-state index contributed by atoms with van der Waals surface area (Å²) in [5.74, 6) is 0.410. The van der Waals surface area contributed by atoms with Gasteiger partial charge in [0.15, 0.2) is 0 Å². The number of nitrogens with one attached hydrogen (secondary N) is 1. The van der Waals surface area contributed by atoms with Gasteiger partial charge in [-0.25, -0.2) is 0 Å². The monoisotopic (exact) mass is 381 g/mol. The lowest BCUT2D eigenvalue weighted by atomic mass is 9.99. The average molecular weight is 381 g/mol. The number of anilines is 1. The largest absolute Gasteiger partial charge is 0.371 e. The molecule has 0 bridgehead atoms. The summed E-state index contributed by atoms with van der Waals surface area (Å²) in [7, 11) is 0. The maximum Gasteiger partial charge on any atom is 0.273 e. The first-order valence-electron chi connectivity index (χ1n) is 9.76. The molecule has 1 aliphatic rings. The third-order valence-corrected chi connectivity index (χ3v) is 5.51. The fourth-order valence-corrected chi connectivity index (χ4v) is 3.82. The lowest BCUT2D eigenvalue weighted by molar-refractivity contribution is -0.385. The van der Waals surface area contributed by atoms with E-state index in [0.29, 0.717) is 17.0 Å². The Hall–Kier alpha value is -2.89. The SMILES string of the molecule is Cc1c(C(=O)N[C@@H](C)c2ccc(N3CCC[C@H](C)C3)cc2)cccc1[N+](=O)[O-]. The van der Waals surface area contributed by atoms with Crippen molar-refractivity contribution in [2.75, 3.05) is 18.0 Å². The average Bonchev–Trinajstić information content (AvgIpc) is 2.68. The summed E-state index contributed by atoms with van der Waals surface area (Å²) in [6, 6.07) is 12.7. The van der Waals surface area contributed by atoms with Crippen LogP contribution in [0.5, 0.6) is 0 Å². The Labute approximate surface area is 165 Å². The molecular weight excluding hydrogens is 354 g/mol. The Morgan fingerprint density at radius 3 is 2.61 bits per heavy atom. The van der Waals surface area contributed by atoms with Gasteiger partial charge in [0.1, 0.15) is 0 Å². The molecule has 2 atom stereocenters. The molecule has 6 heteroatoms. The number of rotatable bonds is 5. The van der Waals surface area contributed by atoms with E-state index in [-0.39, 0.29) is 17.6 Å². The van der Waals surface area contributed by atoms with Gasteiger partial charge in [0.2, 0.25) is 0 Å². The van der Waals surface area contributed by atoms with Crippen LogP contribution < -0.4 is 10.2 Å². The summed E-state index contributed by atoms with van der Waals surface area (Å²) in [5.41, 5.74) is 2.89. The van der Waals surface area contributed by atoms with Crippen molar-refractivity contribution in [2.24, 2.45) is 5.92 Å². The minimum atomic E-state index is -0.463. The van der Waals surface area contributed by atoms with Crippen LogP contribution in [0.25, 0.3) is 0 Å². The van der Waals surface area contributed by atoms with Crippen LogP contribution in [0.1, 0.15) is 54.2 Å². The first-order chi connectivity index (χ1) is 13.4. The van der Waals surface area contributed by atoms with Crippen molar-refractivity contribution in [3.8, 4) is 0 Å². The molecule has 0 radical (unpaired) electrons. The van der Waals surface area contributed by atoms with E-state index >= 15 is 0 Å². The number of hydrogen-bond donors (Lipinski definition) is 1. The maximum absolute atomic E-state index is 12.6. The zero-order chi connectivity index (χ0) is 20.3. The molecule has 1 fully saturated rings. The van der Waals surface area contributed by atoms with Crippen LogP contribution in [-0.4, -0.2) is 23.9 Å². The highest BCUT2D eigenvalue weighted by molar-refractivity contribution is 5.96. The fraction of sp³-hybridized carbons (Fsp3) is 0.409. The van der Waals surface area contributed by atoms with Gasteiger partial charge in [-0.2, -0.15) is 0 Å². The van der Waals surface area contributed by atoms with Crippen LogP contribution >= 0.6 is 0 Å². The predicted octanol–water partition coefficient (Wildman–Crippen LogP) is 4.63. The van der Waals surface area contributed by atoms with Gasteiger partial charge in [0.05, 0.1) is 11.0 Å². The molecule has 1 N–H and O–H groups in total. The third-order valence-electron chi connectivity index (χ3n) is 5.51. The molecule has 0 saturated carbocycles. The molecule has 0 unspecified atom stereocenters. The summed E-state index contributed by atoms with van der Waals surface area (Å²) in [4.78, 5) is 25.7.